The van der Waals surface area contributed by atoms with Crippen LogP contribution < -0.4 is 24.4 Å². The first-order valence-corrected chi connectivity index (χ1v) is 14.5. The summed E-state index contributed by atoms with van der Waals surface area (Å²) in [6, 6.07) is 13.7. The molecule has 3 aromatic rings. The lowest BCUT2D eigenvalue weighted by molar-refractivity contribution is -0.143. The van der Waals surface area contributed by atoms with Crippen molar-refractivity contribution >= 4 is 29.3 Å². The molecule has 0 bridgehead atoms. The summed E-state index contributed by atoms with van der Waals surface area (Å²) in [6.07, 6.45) is 1.44. The lowest BCUT2D eigenvalue weighted by atomic mass is 9.95. The van der Waals surface area contributed by atoms with E-state index in [1.807, 2.05) is 36.4 Å². The van der Waals surface area contributed by atoms with Crippen LogP contribution in [0.2, 0.25) is 0 Å². The molecule has 10 nitrogen and oxygen atoms in total. The second kappa shape index (κ2) is 12.7. The van der Waals surface area contributed by atoms with E-state index in [2.05, 4.69) is 4.99 Å². The van der Waals surface area contributed by atoms with E-state index in [1.54, 1.807) is 55.6 Å². The van der Waals surface area contributed by atoms with E-state index < -0.39 is 12.0 Å². The van der Waals surface area contributed by atoms with Gasteiger partial charge in [-0.15, -0.1) is 0 Å². The Balaban J connectivity index is 1.45. The SMILES string of the molecule is COc1cccc([C@@H]2C(C(=O)OC(C)C)=C(C)N=c3s/c(=C\c4ccc(OCC(=O)N5CCOCC5)cc4)c(=O)n32)c1. The van der Waals surface area contributed by atoms with E-state index in [0.29, 0.717) is 64.0 Å². The number of benzene rings is 2. The maximum Gasteiger partial charge on any atom is 0.338 e. The normalized spacial score (nSPS) is 17.1. The Morgan fingerprint density at radius 1 is 1.12 bits per heavy atom. The third-order valence-corrected chi connectivity index (χ3v) is 7.88. The standard InChI is InChI=1S/C31H33N3O7S/c1-19(2)41-30(37)27-20(3)32-31-34(28(27)22-6-5-7-24(17-22)38-4)29(36)25(42-31)16-21-8-10-23(11-9-21)40-18-26(35)33-12-14-39-15-13-33/h5-11,16-17,19,28H,12-15,18H2,1-4H3/b25-16-/t28-/m1/s1. The van der Waals surface area contributed by atoms with Crippen LogP contribution in [0.1, 0.15) is 37.9 Å². The molecule has 2 aliphatic rings. The van der Waals surface area contributed by atoms with E-state index in [-0.39, 0.29) is 24.2 Å². The molecule has 0 spiro atoms. The number of aromatic nitrogens is 1. The number of carbonyl (C=O) groups excluding carboxylic acids is 2. The topological polar surface area (TPSA) is 109 Å². The number of allylic oxidation sites excluding steroid dienone is 1. The number of amides is 1. The van der Waals surface area contributed by atoms with Crippen LogP contribution >= 0.6 is 11.3 Å². The summed E-state index contributed by atoms with van der Waals surface area (Å²) >= 11 is 1.25. The molecular weight excluding hydrogens is 558 g/mol. The maximum atomic E-state index is 13.8. The van der Waals surface area contributed by atoms with Gasteiger partial charge in [-0.25, -0.2) is 9.79 Å². The number of carbonyl (C=O) groups is 2. The van der Waals surface area contributed by atoms with Gasteiger partial charge in [0.2, 0.25) is 0 Å². The molecule has 1 fully saturated rings. The summed E-state index contributed by atoms with van der Waals surface area (Å²) in [7, 11) is 1.57. The van der Waals surface area contributed by atoms with Crippen LogP contribution in [0.5, 0.6) is 11.5 Å². The summed E-state index contributed by atoms with van der Waals surface area (Å²) in [5, 5.41) is 0. The first kappa shape index (κ1) is 29.3. The monoisotopic (exact) mass is 591 g/mol. The molecule has 1 atom stereocenters. The van der Waals surface area contributed by atoms with Crippen LogP contribution in [0, 0.1) is 0 Å². The van der Waals surface area contributed by atoms with E-state index >= 15 is 0 Å². The molecule has 0 saturated carbocycles. The Hall–Kier alpha value is -4.22. The van der Waals surface area contributed by atoms with Crippen molar-refractivity contribution in [1.29, 1.82) is 0 Å². The molecule has 220 valence electrons. The Morgan fingerprint density at radius 2 is 1.86 bits per heavy atom. The fourth-order valence-electron chi connectivity index (χ4n) is 4.85. The molecule has 2 aliphatic heterocycles. The number of nitrogens with zero attached hydrogens (tertiary/aromatic N) is 3. The third kappa shape index (κ3) is 6.32. The first-order valence-electron chi connectivity index (χ1n) is 13.7. The molecule has 0 aliphatic carbocycles. The quantitative estimate of drug-likeness (QED) is 0.370. The smallest absolute Gasteiger partial charge is 0.338 e. The summed E-state index contributed by atoms with van der Waals surface area (Å²) < 4.78 is 24.0. The van der Waals surface area contributed by atoms with Gasteiger partial charge in [0.1, 0.15) is 11.5 Å². The minimum atomic E-state index is -0.732. The second-order valence-corrected chi connectivity index (χ2v) is 11.2. The van der Waals surface area contributed by atoms with Crippen molar-refractivity contribution in [3.8, 4) is 11.5 Å². The van der Waals surface area contributed by atoms with Crippen LogP contribution in [0.15, 0.2) is 69.6 Å². The van der Waals surface area contributed by atoms with Crippen molar-refractivity contribution in [3.63, 3.8) is 0 Å². The highest BCUT2D eigenvalue weighted by Crippen LogP contribution is 2.32. The Morgan fingerprint density at radius 3 is 2.55 bits per heavy atom. The molecule has 2 aromatic carbocycles. The van der Waals surface area contributed by atoms with Gasteiger partial charge in [0.25, 0.3) is 11.5 Å². The zero-order valence-electron chi connectivity index (χ0n) is 24.0. The van der Waals surface area contributed by atoms with Crippen molar-refractivity contribution in [3.05, 3.63) is 90.6 Å². The van der Waals surface area contributed by atoms with Crippen molar-refractivity contribution in [2.75, 3.05) is 40.0 Å². The zero-order valence-corrected chi connectivity index (χ0v) is 24.8. The number of morpholine rings is 1. The van der Waals surface area contributed by atoms with Crippen LogP contribution in [0.3, 0.4) is 0 Å². The number of rotatable bonds is 8. The van der Waals surface area contributed by atoms with Gasteiger partial charge in [-0.3, -0.25) is 14.2 Å². The molecule has 1 saturated heterocycles. The van der Waals surface area contributed by atoms with E-state index in [1.165, 1.54) is 11.3 Å². The third-order valence-electron chi connectivity index (χ3n) is 6.90. The molecule has 3 heterocycles. The Labute approximate surface area is 247 Å². The summed E-state index contributed by atoms with van der Waals surface area (Å²) in [4.78, 5) is 46.3. The van der Waals surface area contributed by atoms with Crippen molar-refractivity contribution in [2.45, 2.75) is 32.9 Å². The van der Waals surface area contributed by atoms with Gasteiger partial charge in [-0.2, -0.15) is 0 Å². The Kier molecular flexibility index (Phi) is 8.89. The van der Waals surface area contributed by atoms with Crippen molar-refractivity contribution < 1.29 is 28.5 Å². The molecule has 0 unspecified atom stereocenters. The van der Waals surface area contributed by atoms with Crippen LogP contribution in [0.25, 0.3) is 6.08 Å². The number of hydrogen-bond donors (Lipinski definition) is 0. The first-order chi connectivity index (χ1) is 20.2. The van der Waals surface area contributed by atoms with Crippen LogP contribution in [0.4, 0.5) is 0 Å². The minimum Gasteiger partial charge on any atom is -0.497 e. The molecule has 0 radical (unpaired) electrons. The number of esters is 1. The lowest BCUT2D eigenvalue weighted by Crippen LogP contribution is -2.42. The van der Waals surface area contributed by atoms with Gasteiger partial charge >= 0.3 is 5.97 Å². The molecule has 11 heteroatoms. The summed E-state index contributed by atoms with van der Waals surface area (Å²) in [5.74, 6) is 0.559. The van der Waals surface area contributed by atoms with E-state index in [0.717, 1.165) is 5.56 Å². The molecule has 5 rings (SSSR count). The summed E-state index contributed by atoms with van der Waals surface area (Å²) in [5.41, 5.74) is 2.02. The average Bonchev–Trinajstić information content (AvgIpc) is 3.29. The number of thiazole rings is 1. The van der Waals surface area contributed by atoms with Crippen molar-refractivity contribution in [1.82, 2.24) is 9.47 Å². The molecule has 1 aromatic heterocycles. The lowest BCUT2D eigenvalue weighted by Gasteiger charge is -2.26. The maximum absolute atomic E-state index is 13.8. The predicted octanol–water partition coefficient (Wildman–Crippen LogP) is 2.43. The highest BCUT2D eigenvalue weighted by Gasteiger charge is 2.34. The number of fused-ring (bicyclic) bond motifs is 1. The molecule has 42 heavy (non-hydrogen) atoms. The molecule has 1 amide bonds. The van der Waals surface area contributed by atoms with Crippen molar-refractivity contribution in [2.24, 2.45) is 4.99 Å². The number of hydrogen-bond acceptors (Lipinski definition) is 9. The van der Waals surface area contributed by atoms with Crippen LogP contribution in [-0.4, -0.2) is 67.5 Å². The Bertz CT molecular complexity index is 1680. The molecule has 0 N–H and O–H groups in total. The van der Waals surface area contributed by atoms with E-state index in [9.17, 15) is 14.4 Å². The summed E-state index contributed by atoms with van der Waals surface area (Å²) in [6.45, 7) is 7.47. The van der Waals surface area contributed by atoms with Gasteiger partial charge < -0.3 is 23.8 Å². The zero-order chi connectivity index (χ0) is 29.8. The fourth-order valence-corrected chi connectivity index (χ4v) is 5.89. The minimum absolute atomic E-state index is 0.0524. The van der Waals surface area contributed by atoms with Gasteiger partial charge in [0.05, 0.1) is 48.3 Å². The van der Waals surface area contributed by atoms with Gasteiger partial charge in [0, 0.05) is 13.1 Å². The van der Waals surface area contributed by atoms with Gasteiger partial charge in [-0.05, 0) is 62.2 Å². The fraction of sp³-hybridized carbons (Fsp3) is 0.355. The second-order valence-electron chi connectivity index (χ2n) is 10.2. The van der Waals surface area contributed by atoms with E-state index in [4.69, 9.17) is 18.9 Å². The number of methoxy groups -OCH3 is 1. The van der Waals surface area contributed by atoms with Gasteiger partial charge in [0.15, 0.2) is 11.4 Å². The largest absolute Gasteiger partial charge is 0.497 e. The van der Waals surface area contributed by atoms with Gasteiger partial charge in [-0.1, -0.05) is 35.6 Å². The number of ether oxygens (including phenoxy) is 4. The highest BCUT2D eigenvalue weighted by atomic mass is 32.1. The average molecular weight is 592 g/mol. The predicted molar refractivity (Wildman–Crippen MR) is 157 cm³/mol. The van der Waals surface area contributed by atoms with Crippen LogP contribution in [-0.2, 0) is 19.1 Å². The molecular formula is C31H33N3O7S. The highest BCUT2D eigenvalue weighted by molar-refractivity contribution is 7.07.